The maximum absolute atomic E-state index is 12.6. The van der Waals surface area contributed by atoms with E-state index >= 15 is 0 Å². The van der Waals surface area contributed by atoms with Crippen LogP contribution in [0.1, 0.15) is 27.4 Å². The third-order valence-electron chi connectivity index (χ3n) is 3.64. The first-order chi connectivity index (χ1) is 11.0. The highest BCUT2D eigenvalue weighted by Gasteiger charge is 2.18. The van der Waals surface area contributed by atoms with Gasteiger partial charge in [0, 0.05) is 28.2 Å². The first kappa shape index (κ1) is 18.6. The molecule has 0 aliphatic carbocycles. The molecular weight excluding hydrogens is 392 g/mol. The van der Waals surface area contributed by atoms with Crippen LogP contribution < -0.4 is 0 Å². The number of aromatic nitrogens is 1. The van der Waals surface area contributed by atoms with Gasteiger partial charge >= 0.3 is 0 Å². The Morgan fingerprint density at radius 2 is 1.92 bits per heavy atom. The molecule has 0 aliphatic rings. The molecule has 1 aromatic carbocycles. The van der Waals surface area contributed by atoms with Gasteiger partial charge in [-0.3, -0.25) is 9.78 Å². The van der Waals surface area contributed by atoms with Gasteiger partial charge in [0.25, 0.3) is 0 Å². The maximum atomic E-state index is 12.6. The van der Waals surface area contributed by atoms with Crippen LogP contribution in [0.5, 0.6) is 0 Å². The predicted octanol–water partition coefficient (Wildman–Crippen LogP) is 4.61. The molecule has 6 heteroatoms. The van der Waals surface area contributed by atoms with Gasteiger partial charge in [-0.1, -0.05) is 15.9 Å². The first-order valence-electron chi connectivity index (χ1n) is 7.28. The lowest BCUT2D eigenvalue weighted by Gasteiger charge is -2.10. The fourth-order valence-corrected chi connectivity index (χ4v) is 2.79. The molecule has 0 fully saturated rings. The summed E-state index contributed by atoms with van der Waals surface area (Å²) in [6.45, 7) is 2.63. The van der Waals surface area contributed by atoms with Crippen LogP contribution in [0, 0.1) is 6.92 Å². The van der Waals surface area contributed by atoms with Gasteiger partial charge in [-0.05, 0) is 56.9 Å². The summed E-state index contributed by atoms with van der Waals surface area (Å²) in [7, 11) is 4.00. The number of hydrogen-bond donors (Lipinski definition) is 0. The molecule has 2 aromatic heterocycles. The topological polar surface area (TPSA) is 46.3 Å². The summed E-state index contributed by atoms with van der Waals surface area (Å²) in [6.07, 6.45) is 1.85. The predicted molar refractivity (Wildman–Crippen MR) is 101 cm³/mol. The molecule has 3 rings (SSSR count). The molecule has 0 saturated heterocycles. The monoisotopic (exact) mass is 408 g/mol. The Labute approximate surface area is 155 Å². The number of ketones is 1. The molecule has 4 nitrogen and oxygen atoms in total. The minimum Gasteiger partial charge on any atom is -0.451 e. The average molecular weight is 410 g/mol. The number of benzene rings is 1. The highest BCUT2D eigenvalue weighted by Crippen LogP contribution is 2.27. The van der Waals surface area contributed by atoms with Crippen molar-refractivity contribution in [1.82, 2.24) is 9.88 Å². The van der Waals surface area contributed by atoms with Crippen molar-refractivity contribution in [3.8, 4) is 0 Å². The average Bonchev–Trinajstić information content (AvgIpc) is 2.96. The molecule has 0 spiro atoms. The van der Waals surface area contributed by atoms with E-state index in [9.17, 15) is 4.79 Å². The molecule has 24 heavy (non-hydrogen) atoms. The summed E-state index contributed by atoms with van der Waals surface area (Å²) in [4.78, 5) is 19.1. The summed E-state index contributed by atoms with van der Waals surface area (Å²) >= 11 is 3.37. The van der Waals surface area contributed by atoms with Crippen molar-refractivity contribution in [2.45, 2.75) is 13.5 Å². The SMILES string of the molecule is Cc1ncc(CN(C)C)c2cc(C(=O)c3ccc(Br)cc3)oc12.Cl. The normalized spacial score (nSPS) is 10.9. The third kappa shape index (κ3) is 3.69. The molecule has 126 valence electrons. The Morgan fingerprint density at radius 3 is 2.54 bits per heavy atom. The summed E-state index contributed by atoms with van der Waals surface area (Å²) in [5.41, 5.74) is 3.13. The van der Waals surface area contributed by atoms with Crippen LogP contribution in [-0.4, -0.2) is 29.8 Å². The number of furan rings is 1. The number of hydrogen-bond acceptors (Lipinski definition) is 4. The van der Waals surface area contributed by atoms with Gasteiger partial charge in [0.1, 0.15) is 0 Å². The van der Waals surface area contributed by atoms with Gasteiger partial charge in [0.2, 0.25) is 5.78 Å². The molecule has 3 aromatic rings. The van der Waals surface area contributed by atoms with Crippen molar-refractivity contribution in [2.75, 3.05) is 14.1 Å². The van der Waals surface area contributed by atoms with Gasteiger partial charge in [0.15, 0.2) is 11.3 Å². The number of rotatable bonds is 4. The molecule has 0 unspecified atom stereocenters. The Morgan fingerprint density at radius 1 is 1.25 bits per heavy atom. The summed E-state index contributed by atoms with van der Waals surface area (Å²) in [5, 5.41) is 0.951. The number of carbonyl (C=O) groups excluding carboxylic acids is 1. The standard InChI is InChI=1S/C18H17BrN2O2.ClH/c1-11-18-15(13(9-20-11)10-21(2)3)8-16(23-18)17(22)12-4-6-14(19)7-5-12;/h4-9H,10H2,1-3H3;1H. The first-order valence-corrected chi connectivity index (χ1v) is 8.08. The lowest BCUT2D eigenvalue weighted by atomic mass is 10.1. The van der Waals surface area contributed by atoms with Crippen molar-refractivity contribution in [3.05, 3.63) is 63.6 Å². The van der Waals surface area contributed by atoms with Crippen molar-refractivity contribution in [2.24, 2.45) is 0 Å². The van der Waals surface area contributed by atoms with E-state index in [4.69, 9.17) is 4.42 Å². The summed E-state index contributed by atoms with van der Waals surface area (Å²) < 4.78 is 6.76. The van der Waals surface area contributed by atoms with E-state index in [-0.39, 0.29) is 18.2 Å². The Hall–Kier alpha value is -1.69. The second-order valence-corrected chi connectivity index (χ2v) is 6.71. The molecule has 0 bridgehead atoms. The Bertz CT molecular complexity index is 873. The molecular formula is C18H18BrClN2O2. The Kier molecular flexibility index (Phi) is 5.80. The second kappa shape index (κ2) is 7.47. The van der Waals surface area contributed by atoms with Crippen LogP contribution in [-0.2, 0) is 6.54 Å². The van der Waals surface area contributed by atoms with Crippen molar-refractivity contribution < 1.29 is 9.21 Å². The molecule has 2 heterocycles. The number of fused-ring (bicyclic) bond motifs is 1. The third-order valence-corrected chi connectivity index (χ3v) is 4.17. The van der Waals surface area contributed by atoms with E-state index in [1.807, 2.05) is 45.4 Å². The van der Waals surface area contributed by atoms with E-state index in [0.717, 1.165) is 27.7 Å². The van der Waals surface area contributed by atoms with Crippen LogP contribution in [0.3, 0.4) is 0 Å². The molecule has 0 radical (unpaired) electrons. The minimum atomic E-state index is -0.121. The van der Waals surface area contributed by atoms with E-state index < -0.39 is 0 Å². The summed E-state index contributed by atoms with van der Waals surface area (Å²) in [5.74, 6) is 0.224. The fraction of sp³-hybridized carbons (Fsp3) is 0.222. The molecule has 0 amide bonds. The maximum Gasteiger partial charge on any atom is 0.228 e. The highest BCUT2D eigenvalue weighted by molar-refractivity contribution is 9.10. The van der Waals surface area contributed by atoms with E-state index in [1.54, 1.807) is 12.1 Å². The Balaban J connectivity index is 0.00000208. The number of pyridine rings is 1. The lowest BCUT2D eigenvalue weighted by Crippen LogP contribution is -2.11. The number of aryl methyl sites for hydroxylation is 1. The van der Waals surface area contributed by atoms with Gasteiger partial charge in [-0.25, -0.2) is 0 Å². The number of nitrogens with zero attached hydrogens (tertiary/aromatic N) is 2. The van der Waals surface area contributed by atoms with E-state index in [2.05, 4.69) is 25.8 Å². The van der Waals surface area contributed by atoms with Gasteiger partial charge in [0.05, 0.1) is 5.69 Å². The highest BCUT2D eigenvalue weighted by atomic mass is 79.9. The van der Waals surface area contributed by atoms with Gasteiger partial charge in [-0.15, -0.1) is 12.4 Å². The van der Waals surface area contributed by atoms with Crippen LogP contribution in [0.15, 0.2) is 45.4 Å². The zero-order valence-corrected chi connectivity index (χ0v) is 16.1. The van der Waals surface area contributed by atoms with E-state index in [1.165, 1.54) is 0 Å². The largest absolute Gasteiger partial charge is 0.451 e. The van der Waals surface area contributed by atoms with Crippen LogP contribution in [0.25, 0.3) is 11.0 Å². The van der Waals surface area contributed by atoms with Crippen molar-refractivity contribution in [3.63, 3.8) is 0 Å². The molecule has 0 N–H and O–H groups in total. The molecule has 0 aliphatic heterocycles. The zero-order valence-electron chi connectivity index (χ0n) is 13.7. The quantitative estimate of drug-likeness (QED) is 0.590. The molecule has 0 atom stereocenters. The zero-order chi connectivity index (χ0) is 16.6. The van der Waals surface area contributed by atoms with E-state index in [0.29, 0.717) is 16.9 Å². The second-order valence-electron chi connectivity index (χ2n) is 5.80. The van der Waals surface area contributed by atoms with Crippen molar-refractivity contribution in [1.29, 1.82) is 0 Å². The molecule has 0 saturated carbocycles. The van der Waals surface area contributed by atoms with Crippen LogP contribution in [0.2, 0.25) is 0 Å². The number of carbonyl (C=O) groups is 1. The smallest absolute Gasteiger partial charge is 0.228 e. The lowest BCUT2D eigenvalue weighted by molar-refractivity contribution is 0.101. The van der Waals surface area contributed by atoms with Gasteiger partial charge < -0.3 is 9.32 Å². The fourth-order valence-electron chi connectivity index (χ4n) is 2.52. The van der Waals surface area contributed by atoms with Gasteiger partial charge in [-0.2, -0.15) is 0 Å². The van der Waals surface area contributed by atoms with Crippen LogP contribution in [0.4, 0.5) is 0 Å². The summed E-state index contributed by atoms with van der Waals surface area (Å²) in [6, 6.07) is 9.09. The minimum absolute atomic E-state index is 0. The van der Waals surface area contributed by atoms with Crippen LogP contribution >= 0.6 is 28.3 Å². The van der Waals surface area contributed by atoms with Crippen molar-refractivity contribution >= 4 is 45.1 Å². The number of halogens is 2.